The van der Waals surface area contributed by atoms with Crippen molar-refractivity contribution < 1.29 is 37.0 Å². The van der Waals surface area contributed by atoms with E-state index < -0.39 is 5.97 Å². The van der Waals surface area contributed by atoms with Crippen LogP contribution in [0.25, 0.3) is 0 Å². The molecule has 0 aliphatic rings. The fraction of sp³-hybridized carbons (Fsp3) is 0.750. The van der Waals surface area contributed by atoms with Gasteiger partial charge in [0.2, 0.25) is 0 Å². The Labute approximate surface area is 63.5 Å². The minimum atomic E-state index is -0.818. The molecule has 53 valence electrons. The van der Waals surface area contributed by atoms with Crippen LogP contribution in [0.1, 0.15) is 6.42 Å². The van der Waals surface area contributed by atoms with Gasteiger partial charge in [0.15, 0.2) is 0 Å². The van der Waals surface area contributed by atoms with Crippen LogP contribution >= 0.6 is 0 Å². The first kappa shape index (κ1) is 11.0. The molecule has 0 aliphatic carbocycles. The Balaban J connectivity index is 0. The van der Waals surface area contributed by atoms with Crippen molar-refractivity contribution in [3.63, 3.8) is 0 Å². The summed E-state index contributed by atoms with van der Waals surface area (Å²) in [6, 6.07) is 0. The molecule has 0 heterocycles. The molecule has 0 aromatic heterocycles. The number of aliphatic carboxylic acids is 1. The van der Waals surface area contributed by atoms with Gasteiger partial charge in [0.1, 0.15) is 0 Å². The van der Waals surface area contributed by atoms with Crippen molar-refractivity contribution in [2.24, 2.45) is 0 Å². The van der Waals surface area contributed by atoms with Gasteiger partial charge in [0.25, 0.3) is 0 Å². The van der Waals surface area contributed by atoms with Crippen LogP contribution in [-0.4, -0.2) is 24.8 Å². The third-order valence-corrected chi connectivity index (χ3v) is 0.520. The van der Waals surface area contributed by atoms with Crippen molar-refractivity contribution in [3.8, 4) is 0 Å². The Morgan fingerprint density at radius 2 is 2.25 bits per heavy atom. The Morgan fingerprint density at radius 1 is 1.75 bits per heavy atom. The standard InChI is InChI=1S/C4H8O3.Ag/c1-7-3-2-4(5)6;/h2-3H2,1H3,(H,5,6);. The van der Waals surface area contributed by atoms with Crippen LogP contribution in [0.3, 0.4) is 0 Å². The molecule has 0 aromatic carbocycles. The normalized spacial score (nSPS) is 7.62. The zero-order valence-electron chi connectivity index (χ0n) is 4.48. The molecule has 1 N–H and O–H groups in total. The maximum absolute atomic E-state index is 9.68. The van der Waals surface area contributed by atoms with Gasteiger partial charge in [-0.05, 0) is 0 Å². The average Bonchev–Trinajstić information content (AvgIpc) is 1.61. The molecule has 0 fully saturated rings. The Kier molecular flexibility index (Phi) is 9.89. The molecule has 0 atom stereocenters. The van der Waals surface area contributed by atoms with E-state index in [0.717, 1.165) is 0 Å². The first-order chi connectivity index (χ1) is 3.27. The number of hydrogen-bond donors (Lipinski definition) is 1. The minimum Gasteiger partial charge on any atom is -0.481 e. The molecule has 0 saturated heterocycles. The molecule has 0 saturated carbocycles. The summed E-state index contributed by atoms with van der Waals surface area (Å²) >= 11 is 0. The molecule has 0 unspecified atom stereocenters. The number of methoxy groups -OCH3 is 1. The van der Waals surface area contributed by atoms with Crippen molar-refractivity contribution in [1.82, 2.24) is 0 Å². The van der Waals surface area contributed by atoms with E-state index in [0.29, 0.717) is 6.61 Å². The summed E-state index contributed by atoms with van der Waals surface area (Å²) in [7, 11) is 1.48. The van der Waals surface area contributed by atoms with Crippen LogP contribution in [0, 0.1) is 0 Å². The van der Waals surface area contributed by atoms with Gasteiger partial charge in [-0.1, -0.05) is 0 Å². The summed E-state index contributed by atoms with van der Waals surface area (Å²) in [6.07, 6.45) is 0.0938. The van der Waals surface area contributed by atoms with E-state index in [1.807, 2.05) is 0 Å². The van der Waals surface area contributed by atoms with Crippen molar-refractivity contribution >= 4 is 5.97 Å². The van der Waals surface area contributed by atoms with E-state index in [2.05, 4.69) is 4.74 Å². The SMILES string of the molecule is COCCC(=O)O.[Ag]. The van der Waals surface area contributed by atoms with Gasteiger partial charge in [0, 0.05) is 29.5 Å². The van der Waals surface area contributed by atoms with Crippen molar-refractivity contribution in [1.29, 1.82) is 0 Å². The Morgan fingerprint density at radius 3 is 2.38 bits per heavy atom. The maximum atomic E-state index is 9.68. The monoisotopic (exact) mass is 211 g/mol. The Bertz CT molecular complexity index is 64.3. The molecule has 0 bridgehead atoms. The smallest absolute Gasteiger partial charge is 0.305 e. The Hall–Kier alpha value is 0.170. The van der Waals surface area contributed by atoms with Gasteiger partial charge in [-0.15, -0.1) is 0 Å². The first-order valence-corrected chi connectivity index (χ1v) is 1.98. The molecule has 1 radical (unpaired) electrons. The number of carboxylic acid groups (broad SMARTS) is 1. The number of hydrogen-bond acceptors (Lipinski definition) is 2. The molecule has 8 heavy (non-hydrogen) atoms. The van der Waals surface area contributed by atoms with Crippen LogP contribution in [0.15, 0.2) is 0 Å². The summed E-state index contributed by atoms with van der Waals surface area (Å²) in [4.78, 5) is 9.68. The second-order valence-corrected chi connectivity index (χ2v) is 1.14. The zero-order chi connectivity index (χ0) is 5.70. The maximum Gasteiger partial charge on any atom is 0.305 e. The molecule has 0 aliphatic heterocycles. The van der Waals surface area contributed by atoms with Gasteiger partial charge >= 0.3 is 5.97 Å². The average molecular weight is 212 g/mol. The van der Waals surface area contributed by atoms with E-state index in [4.69, 9.17) is 5.11 Å². The minimum absolute atomic E-state index is 0. The van der Waals surface area contributed by atoms with E-state index in [-0.39, 0.29) is 28.8 Å². The molecule has 0 amide bonds. The third kappa shape index (κ3) is 9.48. The second-order valence-electron chi connectivity index (χ2n) is 1.14. The number of rotatable bonds is 3. The molecular weight excluding hydrogens is 204 g/mol. The quantitative estimate of drug-likeness (QED) is 0.675. The largest absolute Gasteiger partial charge is 0.481 e. The van der Waals surface area contributed by atoms with Gasteiger partial charge in [-0.3, -0.25) is 4.79 Å². The summed E-state index contributed by atoms with van der Waals surface area (Å²) in [5.41, 5.74) is 0. The number of ether oxygens (including phenoxy) is 1. The van der Waals surface area contributed by atoms with Crippen molar-refractivity contribution in [2.75, 3.05) is 13.7 Å². The summed E-state index contributed by atoms with van der Waals surface area (Å²) in [5, 5.41) is 7.96. The van der Waals surface area contributed by atoms with Crippen LogP contribution in [-0.2, 0) is 31.9 Å². The fourth-order valence-electron chi connectivity index (χ4n) is 0.189. The molecule has 3 nitrogen and oxygen atoms in total. The number of carboxylic acids is 1. The molecule has 0 aromatic rings. The van der Waals surface area contributed by atoms with E-state index in [1.165, 1.54) is 7.11 Å². The summed E-state index contributed by atoms with van der Waals surface area (Å²) in [6.45, 7) is 0.301. The van der Waals surface area contributed by atoms with Gasteiger partial charge in [0.05, 0.1) is 13.0 Å². The predicted molar refractivity (Wildman–Crippen MR) is 24.1 cm³/mol. The van der Waals surface area contributed by atoms with Crippen molar-refractivity contribution in [3.05, 3.63) is 0 Å². The number of carbonyl (C=O) groups is 1. The van der Waals surface area contributed by atoms with E-state index >= 15 is 0 Å². The van der Waals surface area contributed by atoms with Gasteiger partial charge in [-0.2, -0.15) is 0 Å². The van der Waals surface area contributed by atoms with Crippen LogP contribution in [0.4, 0.5) is 0 Å². The van der Waals surface area contributed by atoms with Crippen LogP contribution < -0.4 is 0 Å². The van der Waals surface area contributed by atoms with Gasteiger partial charge in [-0.25, -0.2) is 0 Å². The van der Waals surface area contributed by atoms with Crippen LogP contribution in [0.5, 0.6) is 0 Å². The topological polar surface area (TPSA) is 46.5 Å². The molecular formula is C4H8AgO3. The van der Waals surface area contributed by atoms with Crippen molar-refractivity contribution in [2.45, 2.75) is 6.42 Å². The second kappa shape index (κ2) is 7.17. The van der Waals surface area contributed by atoms with Crippen LogP contribution in [0.2, 0.25) is 0 Å². The molecule has 4 heteroatoms. The zero-order valence-corrected chi connectivity index (χ0v) is 5.96. The van der Waals surface area contributed by atoms with E-state index in [1.54, 1.807) is 0 Å². The summed E-state index contributed by atoms with van der Waals surface area (Å²) < 4.78 is 4.47. The predicted octanol–water partition coefficient (Wildman–Crippen LogP) is 0.105. The third-order valence-electron chi connectivity index (χ3n) is 0.520. The van der Waals surface area contributed by atoms with Gasteiger partial charge < -0.3 is 9.84 Å². The molecule has 0 rings (SSSR count). The van der Waals surface area contributed by atoms with E-state index in [9.17, 15) is 4.79 Å². The molecule has 0 spiro atoms. The summed E-state index contributed by atoms with van der Waals surface area (Å²) in [5.74, 6) is -0.818. The first-order valence-electron chi connectivity index (χ1n) is 1.98. The fourth-order valence-corrected chi connectivity index (χ4v) is 0.189.